The summed E-state index contributed by atoms with van der Waals surface area (Å²) in [5.41, 5.74) is 7.27. The van der Waals surface area contributed by atoms with E-state index >= 15 is 0 Å². The molecule has 1 atom stereocenters. The summed E-state index contributed by atoms with van der Waals surface area (Å²) < 4.78 is 12.8. The SMILES string of the molecule is C[C@@H](NC(=O)c1ccc(Cl)c(N)c1)c1ccc(F)cc1. The highest BCUT2D eigenvalue weighted by Gasteiger charge is 2.12. The molecule has 20 heavy (non-hydrogen) atoms. The molecule has 3 nitrogen and oxygen atoms in total. The fourth-order valence-corrected chi connectivity index (χ4v) is 1.92. The number of hydrogen-bond acceptors (Lipinski definition) is 2. The number of hydrogen-bond donors (Lipinski definition) is 2. The summed E-state index contributed by atoms with van der Waals surface area (Å²) >= 11 is 5.81. The molecular formula is C15H14ClFN2O. The Morgan fingerprint density at radius 1 is 1.25 bits per heavy atom. The van der Waals surface area contributed by atoms with E-state index in [0.717, 1.165) is 5.56 Å². The molecule has 2 aromatic rings. The van der Waals surface area contributed by atoms with Crippen LogP contribution in [-0.4, -0.2) is 5.91 Å². The Morgan fingerprint density at radius 2 is 1.90 bits per heavy atom. The number of amides is 1. The van der Waals surface area contributed by atoms with E-state index < -0.39 is 0 Å². The maximum Gasteiger partial charge on any atom is 0.251 e. The Labute approximate surface area is 121 Å². The van der Waals surface area contributed by atoms with Gasteiger partial charge < -0.3 is 11.1 Å². The first-order valence-electron chi connectivity index (χ1n) is 6.08. The molecule has 3 N–H and O–H groups in total. The standard InChI is InChI=1S/C15H14ClFN2O/c1-9(10-2-5-12(17)6-3-10)19-15(20)11-4-7-13(16)14(18)8-11/h2-9H,18H2,1H3,(H,19,20)/t9-/m1/s1. The topological polar surface area (TPSA) is 55.1 Å². The van der Waals surface area contributed by atoms with Gasteiger partial charge in [-0.25, -0.2) is 4.39 Å². The van der Waals surface area contributed by atoms with Crippen LogP contribution in [-0.2, 0) is 0 Å². The third-order valence-corrected chi connectivity index (χ3v) is 3.32. The molecular weight excluding hydrogens is 279 g/mol. The predicted molar refractivity (Wildman–Crippen MR) is 78.1 cm³/mol. The predicted octanol–water partition coefficient (Wildman–Crippen LogP) is 3.55. The molecule has 0 bridgehead atoms. The van der Waals surface area contributed by atoms with Crippen molar-refractivity contribution in [1.29, 1.82) is 0 Å². The zero-order chi connectivity index (χ0) is 14.7. The van der Waals surface area contributed by atoms with E-state index in [1.54, 1.807) is 24.3 Å². The normalized spacial score (nSPS) is 11.9. The molecule has 0 radical (unpaired) electrons. The van der Waals surface area contributed by atoms with Crippen molar-refractivity contribution in [3.63, 3.8) is 0 Å². The smallest absolute Gasteiger partial charge is 0.251 e. The summed E-state index contributed by atoms with van der Waals surface area (Å²) in [5, 5.41) is 3.23. The number of halogens is 2. The zero-order valence-corrected chi connectivity index (χ0v) is 11.6. The number of nitrogens with one attached hydrogen (secondary N) is 1. The molecule has 0 aliphatic heterocycles. The van der Waals surface area contributed by atoms with E-state index in [9.17, 15) is 9.18 Å². The van der Waals surface area contributed by atoms with E-state index in [1.807, 2.05) is 6.92 Å². The van der Waals surface area contributed by atoms with Crippen LogP contribution in [0.1, 0.15) is 28.9 Å². The van der Waals surface area contributed by atoms with Crippen LogP contribution < -0.4 is 11.1 Å². The molecule has 0 spiro atoms. The minimum Gasteiger partial charge on any atom is -0.398 e. The van der Waals surface area contributed by atoms with E-state index in [-0.39, 0.29) is 17.8 Å². The largest absolute Gasteiger partial charge is 0.398 e. The number of carbonyl (C=O) groups excluding carboxylic acids is 1. The lowest BCUT2D eigenvalue weighted by molar-refractivity contribution is 0.0940. The van der Waals surface area contributed by atoms with Gasteiger partial charge in [0.05, 0.1) is 16.8 Å². The van der Waals surface area contributed by atoms with Crippen LogP contribution in [0.2, 0.25) is 5.02 Å². The first-order valence-corrected chi connectivity index (χ1v) is 6.46. The van der Waals surface area contributed by atoms with Crippen LogP contribution in [0.3, 0.4) is 0 Å². The third-order valence-electron chi connectivity index (χ3n) is 2.98. The Bertz CT molecular complexity index is 628. The Balaban J connectivity index is 2.10. The summed E-state index contributed by atoms with van der Waals surface area (Å²) in [6.07, 6.45) is 0. The average Bonchev–Trinajstić information content (AvgIpc) is 2.42. The van der Waals surface area contributed by atoms with Gasteiger partial charge in [0.25, 0.3) is 5.91 Å². The van der Waals surface area contributed by atoms with E-state index in [1.165, 1.54) is 18.2 Å². The van der Waals surface area contributed by atoms with Crippen LogP contribution in [0, 0.1) is 5.82 Å². The maximum absolute atomic E-state index is 12.8. The van der Waals surface area contributed by atoms with Crippen molar-refractivity contribution < 1.29 is 9.18 Å². The molecule has 0 aliphatic rings. The second kappa shape index (κ2) is 5.92. The van der Waals surface area contributed by atoms with Crippen LogP contribution in [0.4, 0.5) is 10.1 Å². The zero-order valence-electron chi connectivity index (χ0n) is 10.9. The Morgan fingerprint density at radius 3 is 2.50 bits per heavy atom. The molecule has 0 fully saturated rings. The molecule has 2 aromatic carbocycles. The Hall–Kier alpha value is -2.07. The van der Waals surface area contributed by atoms with Gasteiger partial charge in [-0.2, -0.15) is 0 Å². The molecule has 2 rings (SSSR count). The highest BCUT2D eigenvalue weighted by Crippen LogP contribution is 2.20. The van der Waals surface area contributed by atoms with Crippen molar-refractivity contribution in [2.75, 3.05) is 5.73 Å². The lowest BCUT2D eigenvalue weighted by Crippen LogP contribution is -2.26. The van der Waals surface area contributed by atoms with Gasteiger partial charge in [0.15, 0.2) is 0 Å². The fraction of sp³-hybridized carbons (Fsp3) is 0.133. The van der Waals surface area contributed by atoms with E-state index in [0.29, 0.717) is 16.3 Å². The van der Waals surface area contributed by atoms with Crippen molar-refractivity contribution in [2.45, 2.75) is 13.0 Å². The molecule has 5 heteroatoms. The summed E-state index contributed by atoms with van der Waals surface area (Å²) in [7, 11) is 0. The van der Waals surface area contributed by atoms with Gasteiger partial charge in [-0.3, -0.25) is 4.79 Å². The second-order valence-electron chi connectivity index (χ2n) is 4.48. The molecule has 0 aliphatic carbocycles. The first-order chi connectivity index (χ1) is 9.47. The summed E-state index contributed by atoms with van der Waals surface area (Å²) in [6, 6.07) is 10.5. The van der Waals surface area contributed by atoms with E-state index in [4.69, 9.17) is 17.3 Å². The summed E-state index contributed by atoms with van der Waals surface area (Å²) in [5.74, 6) is -0.567. The van der Waals surface area contributed by atoms with Crippen LogP contribution in [0.25, 0.3) is 0 Å². The lowest BCUT2D eigenvalue weighted by atomic mass is 10.1. The molecule has 0 saturated heterocycles. The summed E-state index contributed by atoms with van der Waals surface area (Å²) in [6.45, 7) is 1.82. The molecule has 1 amide bonds. The van der Waals surface area contributed by atoms with Gasteiger partial charge >= 0.3 is 0 Å². The molecule has 0 aromatic heterocycles. The Kier molecular flexibility index (Phi) is 4.25. The molecule has 0 saturated carbocycles. The maximum atomic E-state index is 12.8. The van der Waals surface area contributed by atoms with Gasteiger partial charge in [-0.05, 0) is 42.8 Å². The van der Waals surface area contributed by atoms with Crippen LogP contribution in [0.5, 0.6) is 0 Å². The number of benzene rings is 2. The average molecular weight is 293 g/mol. The first kappa shape index (κ1) is 14.3. The van der Waals surface area contributed by atoms with Crippen molar-refractivity contribution in [2.24, 2.45) is 0 Å². The van der Waals surface area contributed by atoms with Crippen molar-refractivity contribution in [3.8, 4) is 0 Å². The lowest BCUT2D eigenvalue weighted by Gasteiger charge is -2.14. The van der Waals surface area contributed by atoms with Gasteiger partial charge in [0.1, 0.15) is 5.82 Å². The van der Waals surface area contributed by atoms with Gasteiger partial charge in [-0.15, -0.1) is 0 Å². The van der Waals surface area contributed by atoms with Crippen molar-refractivity contribution in [1.82, 2.24) is 5.32 Å². The fourth-order valence-electron chi connectivity index (χ4n) is 1.80. The van der Waals surface area contributed by atoms with Gasteiger partial charge in [0, 0.05) is 5.56 Å². The molecule has 0 heterocycles. The minimum absolute atomic E-state index is 0.236. The van der Waals surface area contributed by atoms with Gasteiger partial charge in [0.2, 0.25) is 0 Å². The summed E-state index contributed by atoms with van der Waals surface area (Å²) in [4.78, 5) is 12.1. The molecule has 104 valence electrons. The van der Waals surface area contributed by atoms with E-state index in [2.05, 4.69) is 5.32 Å². The monoisotopic (exact) mass is 292 g/mol. The molecule has 0 unspecified atom stereocenters. The third kappa shape index (κ3) is 3.27. The van der Waals surface area contributed by atoms with Crippen LogP contribution in [0.15, 0.2) is 42.5 Å². The quantitative estimate of drug-likeness (QED) is 0.850. The van der Waals surface area contributed by atoms with Crippen molar-refractivity contribution in [3.05, 3.63) is 64.4 Å². The second-order valence-corrected chi connectivity index (χ2v) is 4.89. The van der Waals surface area contributed by atoms with Crippen molar-refractivity contribution >= 4 is 23.2 Å². The number of nitrogen functional groups attached to an aromatic ring is 1. The highest BCUT2D eigenvalue weighted by molar-refractivity contribution is 6.33. The van der Waals surface area contributed by atoms with Crippen LogP contribution >= 0.6 is 11.6 Å². The number of carbonyl (C=O) groups is 1. The van der Waals surface area contributed by atoms with Gasteiger partial charge in [-0.1, -0.05) is 23.7 Å². The highest BCUT2D eigenvalue weighted by atomic mass is 35.5. The number of nitrogens with two attached hydrogens (primary N) is 1. The minimum atomic E-state index is -0.308. The number of rotatable bonds is 3. The number of anilines is 1.